The second-order valence-corrected chi connectivity index (χ2v) is 5.42. The Labute approximate surface area is 111 Å². The second kappa shape index (κ2) is 5.75. The second-order valence-electron chi connectivity index (χ2n) is 3.68. The first kappa shape index (κ1) is 16.4. The van der Waals surface area contributed by atoms with Crippen molar-refractivity contribution in [2.75, 3.05) is 6.54 Å². The van der Waals surface area contributed by atoms with E-state index < -0.39 is 51.4 Å². The Morgan fingerprint density at radius 2 is 1.90 bits per heavy atom. The molecule has 112 valence electrons. The van der Waals surface area contributed by atoms with Gasteiger partial charge in [0.1, 0.15) is 5.82 Å². The fourth-order valence-electron chi connectivity index (χ4n) is 1.33. The minimum absolute atomic E-state index is 0.0613. The summed E-state index contributed by atoms with van der Waals surface area (Å²) in [6, 6.07) is 1.11. The Bertz CT molecular complexity index is 612. The van der Waals surface area contributed by atoms with Gasteiger partial charge in [-0.3, -0.25) is 4.79 Å². The molecule has 0 atom stereocenters. The summed E-state index contributed by atoms with van der Waals surface area (Å²) in [5.41, 5.74) is -1.65. The van der Waals surface area contributed by atoms with Crippen LogP contribution in [0, 0.1) is 5.82 Å². The normalized spacial score (nSPS) is 12.4. The van der Waals surface area contributed by atoms with Crippen molar-refractivity contribution >= 4 is 16.0 Å². The van der Waals surface area contributed by atoms with Crippen molar-refractivity contribution in [1.29, 1.82) is 0 Å². The highest BCUT2D eigenvalue weighted by molar-refractivity contribution is 7.89. The number of aliphatic carboxylic acids is 1. The van der Waals surface area contributed by atoms with Gasteiger partial charge in [0.05, 0.1) is 16.9 Å². The van der Waals surface area contributed by atoms with Gasteiger partial charge in [-0.2, -0.15) is 13.2 Å². The maximum Gasteiger partial charge on any atom is 0.417 e. The standard InChI is InChI=1S/C10H9F4NO4S/c11-6-1-2-8(7(5-6)10(12,13)14)20(18,19)15-4-3-9(16)17/h1-2,5,15H,3-4H2,(H,16,17). The molecule has 0 bridgehead atoms. The Morgan fingerprint density at radius 1 is 1.30 bits per heavy atom. The number of alkyl halides is 3. The first-order chi connectivity index (χ1) is 9.04. The lowest BCUT2D eigenvalue weighted by Gasteiger charge is -2.13. The van der Waals surface area contributed by atoms with Crippen molar-refractivity contribution in [3.05, 3.63) is 29.6 Å². The highest BCUT2D eigenvalue weighted by Gasteiger charge is 2.37. The lowest BCUT2D eigenvalue weighted by molar-refractivity contribution is -0.140. The lowest BCUT2D eigenvalue weighted by Crippen LogP contribution is -2.28. The predicted molar refractivity (Wildman–Crippen MR) is 58.8 cm³/mol. The van der Waals surface area contributed by atoms with E-state index in [4.69, 9.17) is 5.11 Å². The Morgan fingerprint density at radius 3 is 2.40 bits per heavy atom. The van der Waals surface area contributed by atoms with Crippen molar-refractivity contribution in [2.45, 2.75) is 17.5 Å². The molecule has 20 heavy (non-hydrogen) atoms. The fraction of sp³-hybridized carbons (Fsp3) is 0.300. The van der Waals surface area contributed by atoms with Crippen LogP contribution in [0.25, 0.3) is 0 Å². The van der Waals surface area contributed by atoms with Crippen molar-refractivity contribution < 1.29 is 35.9 Å². The summed E-state index contributed by atoms with van der Waals surface area (Å²) in [5, 5.41) is 8.34. The molecule has 0 fully saturated rings. The van der Waals surface area contributed by atoms with Crippen LogP contribution < -0.4 is 4.72 Å². The van der Waals surface area contributed by atoms with Gasteiger partial charge in [0.2, 0.25) is 10.0 Å². The lowest BCUT2D eigenvalue weighted by atomic mass is 10.2. The van der Waals surface area contributed by atoms with Crippen molar-refractivity contribution in [2.24, 2.45) is 0 Å². The number of carboxylic acid groups (broad SMARTS) is 1. The van der Waals surface area contributed by atoms with Crippen LogP contribution in [0.1, 0.15) is 12.0 Å². The summed E-state index contributed by atoms with van der Waals surface area (Å²) in [7, 11) is -4.59. The molecule has 1 rings (SSSR count). The van der Waals surface area contributed by atoms with E-state index in [1.165, 1.54) is 0 Å². The smallest absolute Gasteiger partial charge is 0.417 e. The van der Waals surface area contributed by atoms with Gasteiger partial charge in [0.15, 0.2) is 0 Å². The number of nitrogens with one attached hydrogen (secondary N) is 1. The third kappa shape index (κ3) is 4.17. The number of hydrogen-bond acceptors (Lipinski definition) is 3. The third-order valence-electron chi connectivity index (χ3n) is 2.17. The Balaban J connectivity index is 3.15. The van der Waals surface area contributed by atoms with Gasteiger partial charge in [-0.25, -0.2) is 17.5 Å². The molecule has 0 heterocycles. The SMILES string of the molecule is O=C(O)CCNS(=O)(=O)c1ccc(F)cc1C(F)(F)F. The summed E-state index contributed by atoms with van der Waals surface area (Å²) in [6.45, 7) is -0.577. The summed E-state index contributed by atoms with van der Waals surface area (Å²) in [4.78, 5) is 9.07. The van der Waals surface area contributed by atoms with E-state index in [-0.39, 0.29) is 6.07 Å². The van der Waals surface area contributed by atoms with Crippen molar-refractivity contribution in [1.82, 2.24) is 4.72 Å². The maximum atomic E-state index is 12.8. The van der Waals surface area contributed by atoms with E-state index >= 15 is 0 Å². The largest absolute Gasteiger partial charge is 0.481 e. The minimum Gasteiger partial charge on any atom is -0.481 e. The highest BCUT2D eigenvalue weighted by atomic mass is 32.2. The van der Waals surface area contributed by atoms with Gasteiger partial charge in [-0.15, -0.1) is 0 Å². The number of benzene rings is 1. The van der Waals surface area contributed by atoms with Crippen LogP contribution in [0.15, 0.2) is 23.1 Å². The van der Waals surface area contributed by atoms with Gasteiger partial charge in [-0.05, 0) is 18.2 Å². The molecular formula is C10H9F4NO4S. The van der Waals surface area contributed by atoms with Crippen LogP contribution in [-0.2, 0) is 21.0 Å². The molecule has 10 heteroatoms. The Hall–Kier alpha value is -1.68. The van der Waals surface area contributed by atoms with E-state index in [2.05, 4.69) is 0 Å². The third-order valence-corrected chi connectivity index (χ3v) is 3.69. The number of hydrogen-bond donors (Lipinski definition) is 2. The van der Waals surface area contributed by atoms with Crippen molar-refractivity contribution in [3.63, 3.8) is 0 Å². The van der Waals surface area contributed by atoms with Crippen LogP contribution in [0.3, 0.4) is 0 Å². The van der Waals surface area contributed by atoms with E-state index in [0.717, 1.165) is 0 Å². The molecule has 0 saturated carbocycles. The van der Waals surface area contributed by atoms with Gasteiger partial charge >= 0.3 is 12.1 Å². The number of halogens is 4. The zero-order chi connectivity index (χ0) is 15.6. The van der Waals surface area contributed by atoms with Crippen LogP contribution in [0.2, 0.25) is 0 Å². The average molecular weight is 315 g/mol. The molecule has 0 spiro atoms. The first-order valence-corrected chi connectivity index (χ1v) is 6.60. The molecule has 0 aliphatic heterocycles. The van der Waals surface area contributed by atoms with Gasteiger partial charge in [0.25, 0.3) is 0 Å². The van der Waals surface area contributed by atoms with Gasteiger partial charge in [-0.1, -0.05) is 0 Å². The quantitative estimate of drug-likeness (QED) is 0.808. The molecule has 1 aromatic carbocycles. The zero-order valence-electron chi connectivity index (χ0n) is 9.74. The molecule has 1 aromatic rings. The fourth-order valence-corrected chi connectivity index (χ4v) is 2.57. The number of carbonyl (C=O) groups is 1. The molecule has 0 radical (unpaired) electrons. The first-order valence-electron chi connectivity index (χ1n) is 5.12. The number of rotatable bonds is 5. The minimum atomic E-state index is -5.06. The molecule has 2 N–H and O–H groups in total. The molecule has 0 aliphatic rings. The molecule has 0 aromatic heterocycles. The van der Waals surface area contributed by atoms with Gasteiger partial charge < -0.3 is 5.11 Å². The molecule has 0 saturated heterocycles. The van der Waals surface area contributed by atoms with Gasteiger partial charge in [0, 0.05) is 6.54 Å². The van der Waals surface area contributed by atoms with Crippen molar-refractivity contribution in [3.8, 4) is 0 Å². The van der Waals surface area contributed by atoms with E-state index in [1.54, 1.807) is 4.72 Å². The van der Waals surface area contributed by atoms with Crippen LogP contribution >= 0.6 is 0 Å². The summed E-state index contributed by atoms with van der Waals surface area (Å²) < 4.78 is 75.8. The van der Waals surface area contributed by atoms with Crippen LogP contribution in [0.5, 0.6) is 0 Å². The predicted octanol–water partition coefficient (Wildman–Crippen LogP) is 1.60. The van der Waals surface area contributed by atoms with E-state index in [1.807, 2.05) is 0 Å². The topological polar surface area (TPSA) is 83.5 Å². The summed E-state index contributed by atoms with van der Waals surface area (Å²) in [6.07, 6.45) is -5.65. The highest BCUT2D eigenvalue weighted by Crippen LogP contribution is 2.34. The number of sulfonamides is 1. The van der Waals surface area contributed by atoms with Crippen LogP contribution in [-0.4, -0.2) is 26.0 Å². The Kier molecular flexibility index (Phi) is 4.71. The summed E-state index contributed by atoms with van der Waals surface area (Å²) >= 11 is 0. The molecule has 0 aliphatic carbocycles. The summed E-state index contributed by atoms with van der Waals surface area (Å²) in [5.74, 6) is -2.55. The monoisotopic (exact) mass is 315 g/mol. The zero-order valence-corrected chi connectivity index (χ0v) is 10.6. The van der Waals surface area contributed by atoms with E-state index in [0.29, 0.717) is 12.1 Å². The molecule has 5 nitrogen and oxygen atoms in total. The molecule has 0 amide bonds. The van der Waals surface area contributed by atoms with E-state index in [9.17, 15) is 30.8 Å². The average Bonchev–Trinajstić information content (AvgIpc) is 2.26. The molecular weight excluding hydrogens is 306 g/mol. The maximum absolute atomic E-state index is 12.8. The number of carboxylic acids is 1. The molecule has 0 unspecified atom stereocenters. The van der Waals surface area contributed by atoms with Crippen LogP contribution in [0.4, 0.5) is 17.6 Å².